The van der Waals surface area contributed by atoms with Crippen LogP contribution >= 0.6 is 0 Å². The van der Waals surface area contributed by atoms with Crippen LogP contribution in [0.5, 0.6) is 0 Å². The maximum atomic E-state index is 13.9. The molecular weight excluding hydrogens is 628 g/mol. The van der Waals surface area contributed by atoms with Gasteiger partial charge in [-0.25, -0.2) is 13.4 Å². The summed E-state index contributed by atoms with van der Waals surface area (Å²) in [6.07, 6.45) is 0.699. The summed E-state index contributed by atoms with van der Waals surface area (Å²) in [4.78, 5) is 34.7. The van der Waals surface area contributed by atoms with Gasteiger partial charge in [0.15, 0.2) is 9.84 Å². The average molecular weight is 681 g/mol. The van der Waals surface area contributed by atoms with E-state index >= 15 is 0 Å². The zero-order valence-corrected chi connectivity index (χ0v) is 28.3. The van der Waals surface area contributed by atoms with Crippen LogP contribution in [0.1, 0.15) is 70.6 Å². The Labute approximate surface area is 277 Å². The lowest BCUT2D eigenvalue weighted by Crippen LogP contribution is -2.59. The summed E-state index contributed by atoms with van der Waals surface area (Å²) in [5, 5.41) is 56.9. The lowest BCUT2D eigenvalue weighted by Gasteiger charge is -2.35. The van der Waals surface area contributed by atoms with Gasteiger partial charge < -0.3 is 41.2 Å². The predicted molar refractivity (Wildman–Crippen MR) is 176 cm³/mol. The molecule has 47 heavy (non-hydrogen) atoms. The van der Waals surface area contributed by atoms with Gasteiger partial charge in [-0.1, -0.05) is 62.4 Å². The molecule has 2 unspecified atom stereocenters. The topological polar surface area (TPSA) is 222 Å². The molecule has 0 spiro atoms. The van der Waals surface area contributed by atoms with Crippen molar-refractivity contribution in [3.05, 3.63) is 54.1 Å². The Balaban J connectivity index is 1.90. The third-order valence-corrected chi connectivity index (χ3v) is 11.7. The van der Waals surface area contributed by atoms with Crippen molar-refractivity contribution in [1.29, 1.82) is 0 Å². The molecule has 1 aromatic heterocycles. The van der Waals surface area contributed by atoms with E-state index in [9.17, 15) is 43.5 Å². The number of benzene rings is 1. The van der Waals surface area contributed by atoms with E-state index in [4.69, 9.17) is 0 Å². The van der Waals surface area contributed by atoms with Crippen molar-refractivity contribution in [1.82, 2.24) is 20.6 Å². The zero-order valence-electron chi connectivity index (χ0n) is 27.5. The fourth-order valence-electron chi connectivity index (χ4n) is 5.88. The Kier molecular flexibility index (Phi) is 14.4. The number of aromatic nitrogens is 2. The highest BCUT2D eigenvalue weighted by atomic mass is 32.2. The average Bonchev–Trinajstić information content (AvgIpc) is 3.56. The van der Waals surface area contributed by atoms with Gasteiger partial charge >= 0.3 is 0 Å². The molecule has 0 radical (unpaired) electrons. The number of aliphatic hydroxyl groups is 5. The first-order valence-corrected chi connectivity index (χ1v) is 18.0. The third kappa shape index (κ3) is 11.4. The van der Waals surface area contributed by atoms with E-state index in [0.717, 1.165) is 37.7 Å². The number of sulfone groups is 1. The van der Waals surface area contributed by atoms with Crippen molar-refractivity contribution in [3.63, 3.8) is 0 Å². The van der Waals surface area contributed by atoms with Crippen molar-refractivity contribution < 1.29 is 43.5 Å². The Morgan fingerprint density at radius 1 is 0.936 bits per heavy atom. The van der Waals surface area contributed by atoms with Crippen LogP contribution < -0.4 is 10.6 Å². The van der Waals surface area contributed by atoms with Gasteiger partial charge in [-0.3, -0.25) is 9.59 Å². The quantitative estimate of drug-likeness (QED) is 0.115. The largest absolute Gasteiger partial charge is 0.394 e. The minimum absolute atomic E-state index is 0.0394. The third-order valence-electron chi connectivity index (χ3n) is 8.99. The second kappa shape index (κ2) is 17.5. The second-order valence-electron chi connectivity index (χ2n) is 13.7. The SMILES string of the molecule is CC(C)(C)S(=O)(=O)CC(Cc1ccccc1)C(=O)NC(Cc1cnc[nH]1)C(=O)N[C@@H](CC1CCCCC1)[C@@H](O)[C@@H](O)[C@H](O)[C@H](O)CO. The summed E-state index contributed by atoms with van der Waals surface area (Å²) in [6, 6.07) is 6.67. The summed E-state index contributed by atoms with van der Waals surface area (Å²) < 4.78 is 25.4. The molecule has 2 aromatic rings. The molecule has 2 amide bonds. The molecule has 7 atom stereocenters. The summed E-state index contributed by atoms with van der Waals surface area (Å²) in [6.45, 7) is 3.85. The lowest BCUT2D eigenvalue weighted by molar-refractivity contribution is -0.136. The van der Waals surface area contributed by atoms with Gasteiger partial charge in [0, 0.05) is 18.3 Å². The first kappa shape index (κ1) is 38.6. The molecule has 1 aliphatic rings. The highest BCUT2D eigenvalue weighted by Crippen LogP contribution is 2.29. The van der Waals surface area contributed by atoms with Crippen molar-refractivity contribution in [2.24, 2.45) is 11.8 Å². The van der Waals surface area contributed by atoms with Gasteiger partial charge in [-0.15, -0.1) is 0 Å². The van der Waals surface area contributed by atoms with E-state index in [0.29, 0.717) is 5.69 Å². The number of amides is 2. The molecule has 0 aliphatic heterocycles. The van der Waals surface area contributed by atoms with E-state index in [1.807, 2.05) is 6.07 Å². The Morgan fingerprint density at radius 3 is 2.17 bits per heavy atom. The minimum atomic E-state index is -3.74. The number of aliphatic hydroxyl groups excluding tert-OH is 5. The van der Waals surface area contributed by atoms with Crippen molar-refractivity contribution in [2.75, 3.05) is 12.4 Å². The van der Waals surface area contributed by atoms with E-state index in [2.05, 4.69) is 20.6 Å². The van der Waals surface area contributed by atoms with Crippen LogP contribution in [-0.2, 0) is 32.3 Å². The van der Waals surface area contributed by atoms with Gasteiger partial charge in [-0.2, -0.15) is 0 Å². The Bertz CT molecular complexity index is 1350. The Hall–Kier alpha value is -2.88. The molecular formula is C33H52N4O9S. The molecule has 3 rings (SSSR count). The first-order valence-electron chi connectivity index (χ1n) is 16.3. The number of carbonyl (C=O) groups excluding carboxylic acids is 2. The summed E-state index contributed by atoms with van der Waals surface area (Å²) in [5.74, 6) is -2.72. The fourth-order valence-corrected chi connectivity index (χ4v) is 7.18. The van der Waals surface area contributed by atoms with Gasteiger partial charge in [0.25, 0.3) is 0 Å². The summed E-state index contributed by atoms with van der Waals surface area (Å²) in [7, 11) is -3.74. The van der Waals surface area contributed by atoms with Gasteiger partial charge in [0.1, 0.15) is 30.5 Å². The normalized spacial score (nSPS) is 19.1. The number of rotatable bonds is 17. The standard InChI is InChI=1S/C33H52N4O9S/c1-33(2,3)47(45,46)19-23(14-21-10-6-4-7-11-21)31(43)37-26(16-24-17-34-20-35-24)32(44)36-25(15-22-12-8-5-9-13-22)28(40)30(42)29(41)27(39)18-38/h4,6-7,10-11,17,20,22-23,25-30,38-42H,5,8-9,12-16,18-19H2,1-3H3,(H,34,35)(H,36,44)(H,37,43)/t23?,25-,26?,27+,28+,29+,30+/m0/s1. The van der Waals surface area contributed by atoms with Crippen molar-refractivity contribution in [3.8, 4) is 0 Å². The van der Waals surface area contributed by atoms with E-state index in [1.54, 1.807) is 45.0 Å². The van der Waals surface area contributed by atoms with Crippen LogP contribution in [0, 0.1) is 11.8 Å². The molecule has 1 aromatic carbocycles. The molecule has 1 fully saturated rings. The van der Waals surface area contributed by atoms with Crippen LogP contribution in [0.4, 0.5) is 0 Å². The number of hydrogen-bond acceptors (Lipinski definition) is 10. The second-order valence-corrected chi connectivity index (χ2v) is 16.5. The van der Waals surface area contributed by atoms with Crippen LogP contribution in [0.25, 0.3) is 0 Å². The van der Waals surface area contributed by atoms with E-state index in [1.165, 1.54) is 12.5 Å². The monoisotopic (exact) mass is 680 g/mol. The molecule has 1 heterocycles. The number of H-pyrrole nitrogens is 1. The maximum absolute atomic E-state index is 13.9. The highest BCUT2D eigenvalue weighted by molar-refractivity contribution is 7.92. The zero-order chi connectivity index (χ0) is 34.8. The summed E-state index contributed by atoms with van der Waals surface area (Å²) >= 11 is 0. The number of carbonyl (C=O) groups is 2. The number of imidazole rings is 1. The van der Waals surface area contributed by atoms with Crippen LogP contribution in [-0.4, -0.2) is 109 Å². The molecule has 1 aliphatic carbocycles. The molecule has 13 nitrogen and oxygen atoms in total. The number of hydrogen-bond donors (Lipinski definition) is 8. The van der Waals surface area contributed by atoms with Crippen molar-refractivity contribution >= 4 is 21.7 Å². The number of nitrogens with one attached hydrogen (secondary N) is 3. The molecule has 0 bridgehead atoms. The molecule has 8 N–H and O–H groups in total. The summed E-state index contributed by atoms with van der Waals surface area (Å²) in [5.41, 5.74) is 1.26. The predicted octanol–water partition coefficient (Wildman–Crippen LogP) is 0.400. The fraction of sp³-hybridized carbons (Fsp3) is 0.667. The number of aromatic amines is 1. The number of nitrogens with zero attached hydrogens (tertiary/aromatic N) is 1. The van der Waals surface area contributed by atoms with Crippen molar-refractivity contribution in [2.45, 2.75) is 113 Å². The van der Waals surface area contributed by atoms with E-state index < -0.39 is 81.2 Å². The van der Waals surface area contributed by atoms with Crippen LogP contribution in [0.15, 0.2) is 42.9 Å². The minimum Gasteiger partial charge on any atom is -0.394 e. The van der Waals surface area contributed by atoms with Crippen LogP contribution in [0.2, 0.25) is 0 Å². The van der Waals surface area contributed by atoms with Gasteiger partial charge in [0.2, 0.25) is 11.8 Å². The molecule has 264 valence electrons. The molecule has 1 saturated carbocycles. The highest BCUT2D eigenvalue weighted by Gasteiger charge is 2.39. The molecule has 14 heteroatoms. The Morgan fingerprint density at radius 2 is 1.60 bits per heavy atom. The van der Waals surface area contributed by atoms with Gasteiger partial charge in [-0.05, 0) is 45.1 Å². The lowest BCUT2D eigenvalue weighted by atomic mass is 9.82. The van der Waals surface area contributed by atoms with E-state index in [-0.39, 0.29) is 25.2 Å². The van der Waals surface area contributed by atoms with Crippen LogP contribution in [0.3, 0.4) is 0 Å². The molecule has 0 saturated heterocycles. The first-order chi connectivity index (χ1) is 22.1. The smallest absolute Gasteiger partial charge is 0.243 e. The van der Waals surface area contributed by atoms with Gasteiger partial charge in [0.05, 0.1) is 35.4 Å². The maximum Gasteiger partial charge on any atom is 0.243 e.